The molecule has 0 bridgehead atoms. The summed E-state index contributed by atoms with van der Waals surface area (Å²) < 4.78 is 21.0. The van der Waals surface area contributed by atoms with Crippen LogP contribution in [0.4, 0.5) is 10.1 Å². The number of fused-ring (bicyclic) bond motifs is 1. The van der Waals surface area contributed by atoms with Crippen LogP contribution in [0.15, 0.2) is 52.9 Å². The van der Waals surface area contributed by atoms with Crippen molar-refractivity contribution in [3.05, 3.63) is 71.6 Å². The summed E-state index contributed by atoms with van der Waals surface area (Å²) in [6.07, 6.45) is 0. The van der Waals surface area contributed by atoms with Crippen LogP contribution < -0.4 is 5.32 Å². The Morgan fingerprint density at radius 3 is 2.77 bits per heavy atom. The largest absolute Gasteiger partial charge is 0.439 e. The molecule has 2 aromatic carbocycles. The molecule has 6 nitrogen and oxygen atoms in total. The van der Waals surface area contributed by atoms with E-state index in [2.05, 4.69) is 15.4 Å². The van der Waals surface area contributed by atoms with Gasteiger partial charge in [-0.2, -0.15) is 5.10 Å². The van der Waals surface area contributed by atoms with Crippen molar-refractivity contribution in [3.63, 3.8) is 0 Å². The normalized spacial score (nSPS) is 11.0. The Labute approximate surface area is 148 Å². The van der Waals surface area contributed by atoms with E-state index < -0.39 is 11.7 Å². The van der Waals surface area contributed by atoms with Crippen LogP contribution in [0.2, 0.25) is 0 Å². The Bertz CT molecular complexity index is 1130. The zero-order chi connectivity index (χ0) is 18.3. The van der Waals surface area contributed by atoms with Gasteiger partial charge in [0.25, 0.3) is 5.91 Å². The van der Waals surface area contributed by atoms with Gasteiger partial charge >= 0.3 is 0 Å². The van der Waals surface area contributed by atoms with Crippen LogP contribution in [0.3, 0.4) is 0 Å². The number of amides is 1. The zero-order valence-electron chi connectivity index (χ0n) is 14.2. The van der Waals surface area contributed by atoms with Crippen LogP contribution in [0.1, 0.15) is 22.1 Å². The first-order valence-electron chi connectivity index (χ1n) is 8.02. The van der Waals surface area contributed by atoms with E-state index in [0.29, 0.717) is 28.4 Å². The lowest BCUT2D eigenvalue weighted by atomic mass is 10.2. The summed E-state index contributed by atoms with van der Waals surface area (Å²) in [7, 11) is 0. The van der Waals surface area contributed by atoms with Gasteiger partial charge in [-0.1, -0.05) is 18.2 Å². The molecule has 0 saturated heterocycles. The van der Waals surface area contributed by atoms with E-state index in [-0.39, 0.29) is 11.4 Å². The fourth-order valence-corrected chi connectivity index (χ4v) is 2.80. The third-order valence-corrected chi connectivity index (χ3v) is 3.97. The van der Waals surface area contributed by atoms with E-state index in [1.54, 1.807) is 56.3 Å². The molecule has 1 amide bonds. The highest BCUT2D eigenvalue weighted by molar-refractivity contribution is 6.06. The molecule has 0 radical (unpaired) electrons. The minimum Gasteiger partial charge on any atom is -0.439 e. The minimum absolute atomic E-state index is 0.180. The lowest BCUT2D eigenvalue weighted by Gasteiger charge is -2.05. The predicted octanol–water partition coefficient (Wildman–Crippen LogP) is 4.02. The average Bonchev–Trinajstić information content (AvgIpc) is 3.18. The van der Waals surface area contributed by atoms with Crippen LogP contribution in [0.5, 0.6) is 0 Å². The number of oxazole rings is 1. The Morgan fingerprint density at radius 2 is 1.96 bits per heavy atom. The first-order chi connectivity index (χ1) is 12.5. The number of nitrogens with one attached hydrogen (secondary N) is 1. The molecular weight excluding hydrogens is 335 g/mol. The number of carbonyl (C=O) groups excluding carboxylic acids is 1. The number of aromatic nitrogens is 3. The summed E-state index contributed by atoms with van der Waals surface area (Å²) in [5.74, 6) is -0.307. The van der Waals surface area contributed by atoms with Crippen LogP contribution in [0, 0.1) is 19.7 Å². The van der Waals surface area contributed by atoms with Gasteiger partial charge in [0.2, 0.25) is 0 Å². The fraction of sp³-hybridized carbons (Fsp3) is 0.105. The van der Waals surface area contributed by atoms with Crippen molar-refractivity contribution in [2.24, 2.45) is 0 Å². The zero-order valence-corrected chi connectivity index (χ0v) is 14.2. The third kappa shape index (κ3) is 2.73. The van der Waals surface area contributed by atoms with Gasteiger partial charge in [-0.25, -0.2) is 14.1 Å². The Hall–Kier alpha value is -3.48. The molecule has 7 heteroatoms. The number of carbonyl (C=O) groups is 1. The molecule has 130 valence electrons. The molecule has 0 atom stereocenters. The molecule has 0 saturated carbocycles. The predicted molar refractivity (Wildman–Crippen MR) is 95.0 cm³/mol. The summed E-state index contributed by atoms with van der Waals surface area (Å²) in [6, 6.07) is 13.2. The highest BCUT2D eigenvalue weighted by Crippen LogP contribution is 2.24. The highest BCUT2D eigenvalue weighted by Gasteiger charge is 2.17. The number of anilines is 1. The van der Waals surface area contributed by atoms with Crippen LogP contribution in [-0.4, -0.2) is 20.7 Å². The van der Waals surface area contributed by atoms with Gasteiger partial charge in [0.05, 0.1) is 5.69 Å². The number of aryl methyl sites for hydroxylation is 2. The number of hydrogen-bond acceptors (Lipinski definition) is 4. The maximum absolute atomic E-state index is 14.0. The van der Waals surface area contributed by atoms with E-state index in [1.165, 1.54) is 10.7 Å². The van der Waals surface area contributed by atoms with Crippen molar-refractivity contribution < 1.29 is 13.6 Å². The molecule has 0 unspecified atom stereocenters. The molecule has 4 aromatic rings. The first kappa shape index (κ1) is 16.0. The number of hydrogen-bond donors (Lipinski definition) is 1. The van der Waals surface area contributed by atoms with Crippen molar-refractivity contribution in [1.29, 1.82) is 0 Å². The standard InChI is InChI=1S/C19H15FN4O2/c1-11-10-16(23-24(11)17-9-4-3-6-13(17)20)19(25)22-15-8-5-7-14-18(15)26-12(2)21-14/h3-10H,1-2H3,(H,22,25). The average molecular weight is 350 g/mol. The molecule has 0 spiro atoms. The maximum atomic E-state index is 14.0. The van der Waals surface area contributed by atoms with E-state index in [0.717, 1.165) is 0 Å². The molecule has 26 heavy (non-hydrogen) atoms. The van der Waals surface area contributed by atoms with Crippen molar-refractivity contribution in [2.75, 3.05) is 5.32 Å². The SMILES string of the molecule is Cc1nc2cccc(NC(=O)c3cc(C)n(-c4ccccc4F)n3)c2o1. The molecule has 1 N–H and O–H groups in total. The second-order valence-corrected chi connectivity index (χ2v) is 5.88. The molecule has 0 aliphatic rings. The van der Waals surface area contributed by atoms with Gasteiger partial charge < -0.3 is 9.73 Å². The topological polar surface area (TPSA) is 73.0 Å². The minimum atomic E-state index is -0.412. The van der Waals surface area contributed by atoms with Gasteiger partial charge in [-0.3, -0.25) is 4.79 Å². The Kier molecular flexibility index (Phi) is 3.76. The smallest absolute Gasteiger partial charge is 0.276 e. The molecule has 0 aliphatic heterocycles. The summed E-state index contributed by atoms with van der Waals surface area (Å²) >= 11 is 0. The van der Waals surface area contributed by atoms with E-state index in [4.69, 9.17) is 4.42 Å². The Balaban J connectivity index is 1.67. The van der Waals surface area contributed by atoms with E-state index in [9.17, 15) is 9.18 Å². The second-order valence-electron chi connectivity index (χ2n) is 5.88. The summed E-state index contributed by atoms with van der Waals surface area (Å²) in [5, 5.41) is 7.02. The summed E-state index contributed by atoms with van der Waals surface area (Å²) in [6.45, 7) is 3.50. The van der Waals surface area contributed by atoms with Gasteiger partial charge in [0.15, 0.2) is 17.2 Å². The second kappa shape index (κ2) is 6.11. The number of halogens is 1. The van der Waals surface area contributed by atoms with Crippen molar-refractivity contribution in [2.45, 2.75) is 13.8 Å². The number of para-hydroxylation sites is 2. The molecule has 4 rings (SSSR count). The quantitative estimate of drug-likeness (QED) is 0.606. The Morgan fingerprint density at radius 1 is 1.15 bits per heavy atom. The lowest BCUT2D eigenvalue weighted by molar-refractivity contribution is 0.102. The van der Waals surface area contributed by atoms with Gasteiger partial charge in [-0.15, -0.1) is 0 Å². The monoisotopic (exact) mass is 350 g/mol. The number of nitrogens with zero attached hydrogens (tertiary/aromatic N) is 3. The fourth-order valence-electron chi connectivity index (χ4n) is 2.80. The number of benzene rings is 2. The van der Waals surface area contributed by atoms with Crippen molar-refractivity contribution >= 4 is 22.7 Å². The van der Waals surface area contributed by atoms with Crippen LogP contribution >= 0.6 is 0 Å². The molecule has 0 aliphatic carbocycles. The van der Waals surface area contributed by atoms with E-state index >= 15 is 0 Å². The summed E-state index contributed by atoms with van der Waals surface area (Å²) in [4.78, 5) is 16.8. The first-order valence-corrected chi connectivity index (χ1v) is 8.02. The van der Waals surface area contributed by atoms with Gasteiger partial charge in [0, 0.05) is 12.6 Å². The van der Waals surface area contributed by atoms with Gasteiger partial charge in [-0.05, 0) is 37.3 Å². The van der Waals surface area contributed by atoms with Crippen molar-refractivity contribution in [1.82, 2.24) is 14.8 Å². The van der Waals surface area contributed by atoms with Gasteiger partial charge in [0.1, 0.15) is 17.0 Å². The lowest BCUT2D eigenvalue weighted by Crippen LogP contribution is -2.13. The highest BCUT2D eigenvalue weighted by atomic mass is 19.1. The number of rotatable bonds is 3. The van der Waals surface area contributed by atoms with Crippen molar-refractivity contribution in [3.8, 4) is 5.69 Å². The molecule has 2 heterocycles. The van der Waals surface area contributed by atoms with Crippen LogP contribution in [-0.2, 0) is 0 Å². The molecular formula is C19H15FN4O2. The maximum Gasteiger partial charge on any atom is 0.276 e. The summed E-state index contributed by atoms with van der Waals surface area (Å²) in [5.41, 5.74) is 2.79. The molecule has 0 fully saturated rings. The molecule has 2 aromatic heterocycles. The van der Waals surface area contributed by atoms with Crippen LogP contribution in [0.25, 0.3) is 16.8 Å². The van der Waals surface area contributed by atoms with E-state index in [1.807, 2.05) is 0 Å². The third-order valence-electron chi connectivity index (χ3n) is 3.97.